The third-order valence-electron chi connectivity index (χ3n) is 4.06. The van der Waals surface area contributed by atoms with Gasteiger partial charge in [0.05, 0.1) is 17.5 Å². The maximum Gasteiger partial charge on any atom is 0.274 e. The van der Waals surface area contributed by atoms with Crippen LogP contribution in [-0.4, -0.2) is 45.8 Å². The van der Waals surface area contributed by atoms with Crippen LogP contribution in [0.25, 0.3) is 0 Å². The highest BCUT2D eigenvalue weighted by molar-refractivity contribution is 9.10. The van der Waals surface area contributed by atoms with Crippen molar-refractivity contribution in [2.24, 2.45) is 7.05 Å². The van der Waals surface area contributed by atoms with Gasteiger partial charge in [-0.1, -0.05) is 0 Å². The molecule has 0 atom stereocenters. The summed E-state index contributed by atoms with van der Waals surface area (Å²) >= 11 is 3.38. The van der Waals surface area contributed by atoms with E-state index in [1.54, 1.807) is 41.5 Å². The number of anilines is 3. The van der Waals surface area contributed by atoms with Crippen molar-refractivity contribution >= 4 is 39.0 Å². The fraction of sp³-hybridized carbons (Fsp3) is 0.421. The number of aryl methyl sites for hydroxylation is 1. The molecular formula is C19H24BrN5O3. The predicted octanol–water partition coefficient (Wildman–Crippen LogP) is 2.67. The van der Waals surface area contributed by atoms with Gasteiger partial charge in [-0.3, -0.25) is 14.4 Å². The van der Waals surface area contributed by atoms with Gasteiger partial charge in [-0.2, -0.15) is 5.06 Å². The van der Waals surface area contributed by atoms with Crippen molar-refractivity contribution in [1.82, 2.24) is 14.6 Å². The average molecular weight is 450 g/mol. The van der Waals surface area contributed by atoms with E-state index >= 15 is 0 Å². The van der Waals surface area contributed by atoms with E-state index in [-0.39, 0.29) is 23.6 Å². The molecule has 1 aliphatic heterocycles. The smallest absolute Gasteiger partial charge is 0.274 e. The summed E-state index contributed by atoms with van der Waals surface area (Å²) in [6.45, 7) is 7.21. The summed E-state index contributed by atoms with van der Waals surface area (Å²) in [6.07, 6.45) is 3.32. The second kappa shape index (κ2) is 8.02. The van der Waals surface area contributed by atoms with Gasteiger partial charge in [-0.05, 0) is 54.9 Å². The maximum atomic E-state index is 12.5. The normalized spacial score (nSPS) is 15.8. The Labute approximate surface area is 172 Å². The van der Waals surface area contributed by atoms with Crippen molar-refractivity contribution in [3.05, 3.63) is 45.4 Å². The predicted molar refractivity (Wildman–Crippen MR) is 112 cm³/mol. The van der Waals surface area contributed by atoms with Gasteiger partial charge in [0.1, 0.15) is 18.1 Å². The van der Waals surface area contributed by atoms with E-state index in [1.165, 1.54) is 4.57 Å². The number of hydroxylamine groups is 2. The number of carbonyl (C=O) groups is 1. The summed E-state index contributed by atoms with van der Waals surface area (Å²) in [6, 6.07) is 5.27. The topological polar surface area (TPSA) is 79.7 Å². The minimum absolute atomic E-state index is 0.0427. The van der Waals surface area contributed by atoms with E-state index in [4.69, 9.17) is 4.84 Å². The fourth-order valence-corrected chi connectivity index (χ4v) is 3.44. The van der Waals surface area contributed by atoms with E-state index in [1.807, 2.05) is 26.8 Å². The van der Waals surface area contributed by atoms with Gasteiger partial charge in [-0.25, -0.2) is 4.98 Å². The van der Waals surface area contributed by atoms with Crippen LogP contribution in [0.4, 0.5) is 17.2 Å². The van der Waals surface area contributed by atoms with E-state index in [0.29, 0.717) is 30.3 Å². The van der Waals surface area contributed by atoms with Gasteiger partial charge in [0.2, 0.25) is 5.91 Å². The lowest BCUT2D eigenvalue weighted by Gasteiger charge is -2.36. The number of halogens is 1. The van der Waals surface area contributed by atoms with Crippen molar-refractivity contribution in [3.63, 3.8) is 0 Å². The average Bonchev–Trinajstić information content (AvgIpc) is 2.59. The molecule has 9 heteroatoms. The van der Waals surface area contributed by atoms with Crippen LogP contribution in [0.2, 0.25) is 0 Å². The third kappa shape index (κ3) is 4.98. The lowest BCUT2D eigenvalue weighted by atomic mass is 10.2. The number of nitrogens with one attached hydrogen (secondary N) is 1. The largest absolute Gasteiger partial charge is 0.336 e. The number of nitrogens with zero attached hydrogens (tertiary/aromatic N) is 4. The zero-order valence-electron chi connectivity index (χ0n) is 16.4. The SMILES string of the molecule is Cn1cc(Br)cc(Nc2ccc(N3CCN(OC(C)(C)C)CC3=O)cn2)c1=O. The van der Waals surface area contributed by atoms with Crippen LogP contribution in [0.1, 0.15) is 20.8 Å². The summed E-state index contributed by atoms with van der Waals surface area (Å²) in [4.78, 5) is 36.5. The minimum Gasteiger partial charge on any atom is -0.336 e. The Hall–Kier alpha value is -2.23. The lowest BCUT2D eigenvalue weighted by Crippen LogP contribution is -2.52. The van der Waals surface area contributed by atoms with Crippen LogP contribution < -0.4 is 15.8 Å². The number of hydrogen-bond donors (Lipinski definition) is 1. The molecule has 0 aliphatic carbocycles. The van der Waals surface area contributed by atoms with Gasteiger partial charge in [0.25, 0.3) is 5.56 Å². The highest BCUT2D eigenvalue weighted by Gasteiger charge is 2.28. The van der Waals surface area contributed by atoms with Crippen molar-refractivity contribution < 1.29 is 9.63 Å². The first-order valence-corrected chi connectivity index (χ1v) is 9.75. The minimum atomic E-state index is -0.333. The number of rotatable bonds is 4. The third-order valence-corrected chi connectivity index (χ3v) is 4.49. The number of hydrogen-bond acceptors (Lipinski definition) is 6. The molecule has 3 rings (SSSR count). The van der Waals surface area contributed by atoms with Crippen LogP contribution in [0.5, 0.6) is 0 Å². The van der Waals surface area contributed by atoms with Crippen LogP contribution in [0.3, 0.4) is 0 Å². The Morgan fingerprint density at radius 2 is 1.96 bits per heavy atom. The van der Waals surface area contributed by atoms with Crippen molar-refractivity contribution in [1.29, 1.82) is 0 Å². The summed E-state index contributed by atoms with van der Waals surface area (Å²) in [5, 5.41) is 4.72. The van der Waals surface area contributed by atoms with Crippen molar-refractivity contribution in [3.8, 4) is 0 Å². The molecular weight excluding hydrogens is 426 g/mol. The summed E-state index contributed by atoms with van der Waals surface area (Å²) < 4.78 is 2.27. The van der Waals surface area contributed by atoms with E-state index < -0.39 is 0 Å². The standard InChI is InChI=1S/C19H24BrN5O3/c1-19(2,3)28-24-7-8-25(17(26)12-24)14-5-6-16(21-10-14)22-15-9-13(20)11-23(4)18(15)27/h5-6,9-11H,7-8,12H2,1-4H3,(H,21,22). The van der Waals surface area contributed by atoms with Gasteiger partial charge in [0, 0.05) is 30.8 Å². The number of aromatic nitrogens is 2. The van der Waals surface area contributed by atoms with Crippen LogP contribution in [0, 0.1) is 0 Å². The zero-order chi connectivity index (χ0) is 20.5. The molecule has 0 aromatic carbocycles. The number of pyridine rings is 2. The van der Waals surface area contributed by atoms with E-state index in [9.17, 15) is 9.59 Å². The van der Waals surface area contributed by atoms with E-state index in [2.05, 4.69) is 26.2 Å². The first-order chi connectivity index (χ1) is 13.1. The highest BCUT2D eigenvalue weighted by atomic mass is 79.9. The van der Waals surface area contributed by atoms with Crippen molar-refractivity contribution in [2.75, 3.05) is 29.9 Å². The zero-order valence-corrected chi connectivity index (χ0v) is 18.0. The van der Waals surface area contributed by atoms with Gasteiger partial charge in [0.15, 0.2) is 0 Å². The molecule has 0 spiro atoms. The summed E-state index contributed by atoms with van der Waals surface area (Å²) in [7, 11) is 1.68. The molecule has 0 radical (unpaired) electrons. The summed E-state index contributed by atoms with van der Waals surface area (Å²) in [5.74, 6) is 0.486. The first-order valence-electron chi connectivity index (χ1n) is 8.96. The Morgan fingerprint density at radius 1 is 1.21 bits per heavy atom. The monoisotopic (exact) mass is 449 g/mol. The van der Waals surface area contributed by atoms with Crippen LogP contribution >= 0.6 is 15.9 Å². The molecule has 2 aromatic rings. The van der Waals surface area contributed by atoms with Crippen LogP contribution in [-0.2, 0) is 16.7 Å². The molecule has 150 valence electrons. The molecule has 1 amide bonds. The first kappa shape index (κ1) is 20.5. The molecule has 28 heavy (non-hydrogen) atoms. The molecule has 1 aliphatic rings. The number of piperazine rings is 1. The molecule has 1 fully saturated rings. The molecule has 0 saturated carbocycles. The number of amides is 1. The number of carbonyl (C=O) groups excluding carboxylic acids is 1. The Bertz CT molecular complexity index is 921. The van der Waals surface area contributed by atoms with Gasteiger partial charge in [-0.15, -0.1) is 0 Å². The Kier molecular flexibility index (Phi) is 5.87. The van der Waals surface area contributed by atoms with Crippen LogP contribution in [0.15, 0.2) is 39.9 Å². The molecule has 1 N–H and O–H groups in total. The molecule has 3 heterocycles. The van der Waals surface area contributed by atoms with Crippen molar-refractivity contribution in [2.45, 2.75) is 26.4 Å². The molecule has 2 aromatic heterocycles. The van der Waals surface area contributed by atoms with Gasteiger partial charge < -0.3 is 14.8 Å². The second-order valence-corrected chi connectivity index (χ2v) is 8.54. The highest BCUT2D eigenvalue weighted by Crippen LogP contribution is 2.21. The lowest BCUT2D eigenvalue weighted by molar-refractivity contribution is -0.229. The Morgan fingerprint density at radius 3 is 2.57 bits per heavy atom. The Balaban J connectivity index is 1.68. The molecule has 1 saturated heterocycles. The fourth-order valence-electron chi connectivity index (χ4n) is 2.91. The second-order valence-electron chi connectivity index (χ2n) is 7.63. The van der Waals surface area contributed by atoms with Gasteiger partial charge >= 0.3 is 0 Å². The van der Waals surface area contributed by atoms with E-state index in [0.717, 1.165) is 4.47 Å². The summed E-state index contributed by atoms with van der Waals surface area (Å²) in [5.41, 5.74) is 0.648. The molecule has 0 bridgehead atoms. The molecule has 8 nitrogen and oxygen atoms in total. The molecule has 0 unspecified atom stereocenters. The quantitative estimate of drug-likeness (QED) is 0.772. The maximum absolute atomic E-state index is 12.5.